The minimum Gasteiger partial charge on any atom is -0.467 e. The van der Waals surface area contributed by atoms with Crippen molar-refractivity contribution in [1.82, 2.24) is 0 Å². The van der Waals surface area contributed by atoms with Gasteiger partial charge in [0.05, 0.1) is 13.7 Å². The summed E-state index contributed by atoms with van der Waals surface area (Å²) in [5.74, 6) is -0.680. The Labute approximate surface area is 87.8 Å². The molecule has 1 aromatic rings. The van der Waals surface area contributed by atoms with E-state index < -0.39 is 12.1 Å². The third kappa shape index (κ3) is 3.52. The first kappa shape index (κ1) is 11.4. The van der Waals surface area contributed by atoms with Crippen molar-refractivity contribution in [2.45, 2.75) is 12.7 Å². The fourth-order valence-corrected chi connectivity index (χ4v) is 1.04. The van der Waals surface area contributed by atoms with Crippen LogP contribution in [0.25, 0.3) is 0 Å². The van der Waals surface area contributed by atoms with Crippen LogP contribution < -0.4 is 0 Å². The zero-order chi connectivity index (χ0) is 11.1. The molecule has 0 spiro atoms. The predicted octanol–water partition coefficient (Wildman–Crippen LogP) is 0.944. The van der Waals surface area contributed by atoms with Crippen molar-refractivity contribution >= 4 is 12.3 Å². The van der Waals surface area contributed by atoms with Crippen LogP contribution in [0.4, 0.5) is 0 Å². The first-order valence-electron chi connectivity index (χ1n) is 4.46. The summed E-state index contributed by atoms with van der Waals surface area (Å²) in [7, 11) is 1.21. The number of methoxy groups -OCH3 is 1. The first-order valence-corrected chi connectivity index (χ1v) is 4.46. The van der Waals surface area contributed by atoms with Crippen molar-refractivity contribution in [3.8, 4) is 0 Å². The van der Waals surface area contributed by atoms with Crippen molar-refractivity contribution < 1.29 is 19.1 Å². The van der Waals surface area contributed by atoms with Crippen molar-refractivity contribution in [3.05, 3.63) is 35.9 Å². The number of aldehydes is 1. The molecule has 4 nitrogen and oxygen atoms in total. The molecule has 0 bridgehead atoms. The second-order valence-corrected chi connectivity index (χ2v) is 2.88. The maximum absolute atomic E-state index is 11.0. The van der Waals surface area contributed by atoms with Gasteiger partial charge in [-0.2, -0.15) is 0 Å². The average Bonchev–Trinajstić information content (AvgIpc) is 2.31. The van der Waals surface area contributed by atoms with Crippen molar-refractivity contribution in [2.75, 3.05) is 7.11 Å². The summed E-state index contributed by atoms with van der Waals surface area (Å²) in [5.41, 5.74) is 0.897. The number of benzene rings is 1. The summed E-state index contributed by atoms with van der Waals surface area (Å²) in [6.45, 7) is 0.208. The van der Waals surface area contributed by atoms with Gasteiger partial charge < -0.3 is 9.47 Å². The van der Waals surface area contributed by atoms with Crippen LogP contribution in [0.15, 0.2) is 30.3 Å². The van der Waals surface area contributed by atoms with E-state index in [-0.39, 0.29) is 6.61 Å². The number of rotatable bonds is 5. The molecule has 0 aliphatic heterocycles. The average molecular weight is 208 g/mol. The lowest BCUT2D eigenvalue weighted by Crippen LogP contribution is -2.26. The Morgan fingerprint density at radius 1 is 1.40 bits per heavy atom. The Morgan fingerprint density at radius 3 is 2.60 bits per heavy atom. The maximum Gasteiger partial charge on any atom is 0.342 e. The third-order valence-corrected chi connectivity index (χ3v) is 1.83. The van der Waals surface area contributed by atoms with Crippen LogP contribution in [0.2, 0.25) is 0 Å². The molecule has 1 aromatic carbocycles. The van der Waals surface area contributed by atoms with Crippen molar-refractivity contribution in [2.24, 2.45) is 0 Å². The van der Waals surface area contributed by atoms with E-state index in [1.807, 2.05) is 30.3 Å². The van der Waals surface area contributed by atoms with E-state index in [0.29, 0.717) is 6.29 Å². The van der Waals surface area contributed by atoms with E-state index in [9.17, 15) is 9.59 Å². The van der Waals surface area contributed by atoms with Crippen LogP contribution >= 0.6 is 0 Å². The SMILES string of the molecule is COC(=O)C(C=O)OCc1ccccc1. The minimum atomic E-state index is -1.14. The standard InChI is InChI=1S/C11H12O4/c1-14-11(13)10(7-12)15-8-9-5-3-2-4-6-9/h2-7,10H,8H2,1H3. The van der Waals surface area contributed by atoms with Gasteiger partial charge in [0.15, 0.2) is 6.29 Å². The van der Waals surface area contributed by atoms with E-state index in [4.69, 9.17) is 4.74 Å². The number of hydrogen-bond acceptors (Lipinski definition) is 4. The molecule has 0 saturated carbocycles. The number of carbonyl (C=O) groups is 2. The van der Waals surface area contributed by atoms with Gasteiger partial charge in [0.2, 0.25) is 6.10 Å². The molecule has 0 radical (unpaired) electrons. The van der Waals surface area contributed by atoms with Gasteiger partial charge in [0.25, 0.3) is 0 Å². The zero-order valence-corrected chi connectivity index (χ0v) is 8.38. The van der Waals surface area contributed by atoms with Gasteiger partial charge in [-0.15, -0.1) is 0 Å². The highest BCUT2D eigenvalue weighted by Gasteiger charge is 2.18. The van der Waals surface area contributed by atoms with Gasteiger partial charge in [0.1, 0.15) is 0 Å². The van der Waals surface area contributed by atoms with Gasteiger partial charge in [-0.25, -0.2) is 4.79 Å². The van der Waals surface area contributed by atoms with Crippen molar-refractivity contribution in [3.63, 3.8) is 0 Å². The molecule has 0 aliphatic rings. The molecule has 0 aromatic heterocycles. The molecule has 4 heteroatoms. The van der Waals surface area contributed by atoms with E-state index in [1.54, 1.807) is 0 Å². The summed E-state index contributed by atoms with van der Waals surface area (Å²) in [6.07, 6.45) is -0.718. The van der Waals surface area contributed by atoms with E-state index in [0.717, 1.165) is 5.56 Å². The lowest BCUT2D eigenvalue weighted by Gasteiger charge is -2.09. The molecule has 0 N–H and O–H groups in total. The predicted molar refractivity (Wildman–Crippen MR) is 53.1 cm³/mol. The largest absolute Gasteiger partial charge is 0.467 e. The summed E-state index contributed by atoms with van der Waals surface area (Å²) in [5, 5.41) is 0. The molecule has 0 fully saturated rings. The second kappa shape index (κ2) is 5.93. The number of hydrogen-bond donors (Lipinski definition) is 0. The Balaban J connectivity index is 2.48. The highest BCUT2D eigenvalue weighted by Crippen LogP contribution is 2.03. The molecule has 1 rings (SSSR count). The molecular weight excluding hydrogens is 196 g/mol. The molecule has 0 amide bonds. The van der Waals surface area contributed by atoms with E-state index >= 15 is 0 Å². The number of ether oxygens (including phenoxy) is 2. The summed E-state index contributed by atoms with van der Waals surface area (Å²) in [6, 6.07) is 9.28. The molecule has 0 aliphatic carbocycles. The Morgan fingerprint density at radius 2 is 2.07 bits per heavy atom. The topological polar surface area (TPSA) is 52.6 Å². The van der Waals surface area contributed by atoms with Crippen LogP contribution in [0, 0.1) is 0 Å². The first-order chi connectivity index (χ1) is 7.27. The van der Waals surface area contributed by atoms with E-state index in [1.165, 1.54) is 7.11 Å². The summed E-state index contributed by atoms with van der Waals surface area (Å²) >= 11 is 0. The summed E-state index contributed by atoms with van der Waals surface area (Å²) < 4.78 is 9.48. The van der Waals surface area contributed by atoms with Gasteiger partial charge in [-0.3, -0.25) is 4.79 Å². The van der Waals surface area contributed by atoms with Gasteiger partial charge in [-0.1, -0.05) is 30.3 Å². The molecule has 0 heterocycles. The Hall–Kier alpha value is -1.68. The molecule has 15 heavy (non-hydrogen) atoms. The fraction of sp³-hybridized carbons (Fsp3) is 0.273. The quantitative estimate of drug-likeness (QED) is 0.410. The van der Waals surface area contributed by atoms with Gasteiger partial charge in [0, 0.05) is 0 Å². The molecule has 1 unspecified atom stereocenters. The van der Waals surface area contributed by atoms with Crippen LogP contribution in [-0.2, 0) is 25.7 Å². The Bertz CT molecular complexity index is 321. The van der Waals surface area contributed by atoms with Gasteiger partial charge in [-0.05, 0) is 5.56 Å². The van der Waals surface area contributed by atoms with Crippen LogP contribution in [0.3, 0.4) is 0 Å². The monoisotopic (exact) mass is 208 g/mol. The fourth-order valence-electron chi connectivity index (χ4n) is 1.04. The lowest BCUT2D eigenvalue weighted by molar-refractivity contribution is -0.156. The van der Waals surface area contributed by atoms with Crippen LogP contribution in [0.5, 0.6) is 0 Å². The normalized spacial score (nSPS) is 11.8. The molecule has 1 atom stereocenters. The third-order valence-electron chi connectivity index (χ3n) is 1.83. The van der Waals surface area contributed by atoms with Crippen LogP contribution in [0.1, 0.15) is 5.56 Å². The highest BCUT2D eigenvalue weighted by molar-refractivity contribution is 5.90. The van der Waals surface area contributed by atoms with Crippen LogP contribution in [-0.4, -0.2) is 25.5 Å². The Kier molecular flexibility index (Phi) is 4.50. The maximum atomic E-state index is 11.0. The summed E-state index contributed by atoms with van der Waals surface area (Å²) in [4.78, 5) is 21.5. The molecular formula is C11H12O4. The number of carbonyl (C=O) groups excluding carboxylic acids is 2. The lowest BCUT2D eigenvalue weighted by atomic mass is 10.2. The molecule has 80 valence electrons. The van der Waals surface area contributed by atoms with E-state index in [2.05, 4.69) is 4.74 Å². The smallest absolute Gasteiger partial charge is 0.342 e. The van der Waals surface area contributed by atoms with Crippen molar-refractivity contribution in [1.29, 1.82) is 0 Å². The molecule has 0 saturated heterocycles. The van der Waals surface area contributed by atoms with Gasteiger partial charge >= 0.3 is 5.97 Å². The highest BCUT2D eigenvalue weighted by atomic mass is 16.6. The minimum absolute atomic E-state index is 0.208. The second-order valence-electron chi connectivity index (χ2n) is 2.88. The zero-order valence-electron chi connectivity index (χ0n) is 8.38. The number of esters is 1.